The number of methoxy groups -OCH3 is 1. The van der Waals surface area contributed by atoms with Crippen molar-refractivity contribution in [3.8, 4) is 28.5 Å². The van der Waals surface area contributed by atoms with Gasteiger partial charge in [0, 0.05) is 43.4 Å². The van der Waals surface area contributed by atoms with Crippen LogP contribution in [-0.4, -0.2) is 52.2 Å². The number of hydrogen-bond acceptors (Lipinski definition) is 5. The summed E-state index contributed by atoms with van der Waals surface area (Å²) in [5.41, 5.74) is 1.87. The Labute approximate surface area is 141 Å². The number of rotatable bonds is 6. The first-order chi connectivity index (χ1) is 11.7. The van der Waals surface area contributed by atoms with Crippen molar-refractivity contribution in [1.29, 1.82) is 0 Å². The van der Waals surface area contributed by atoms with Crippen molar-refractivity contribution in [3.05, 3.63) is 49.1 Å². The second-order valence-electron chi connectivity index (χ2n) is 5.77. The largest absolute Gasteiger partial charge is 0.497 e. The molecule has 0 aliphatic carbocycles. The number of benzene rings is 1. The second-order valence-corrected chi connectivity index (χ2v) is 5.77. The van der Waals surface area contributed by atoms with Gasteiger partial charge in [0.25, 0.3) is 0 Å². The van der Waals surface area contributed by atoms with Crippen molar-refractivity contribution in [3.63, 3.8) is 0 Å². The van der Waals surface area contributed by atoms with E-state index in [4.69, 9.17) is 4.74 Å². The highest BCUT2D eigenvalue weighted by Crippen LogP contribution is 2.21. The fourth-order valence-corrected chi connectivity index (χ4v) is 2.39. The van der Waals surface area contributed by atoms with Crippen LogP contribution in [0.3, 0.4) is 0 Å². The highest BCUT2D eigenvalue weighted by Gasteiger charge is 2.08. The number of imidazole rings is 1. The monoisotopic (exact) mass is 323 g/mol. The van der Waals surface area contributed by atoms with E-state index in [2.05, 4.69) is 38.5 Å². The zero-order chi connectivity index (χ0) is 16.9. The number of ether oxygens (including phenoxy) is 1. The number of likely N-dealkylation sites (N-methyl/N-ethyl adjacent to an activating group) is 1. The highest BCUT2D eigenvalue weighted by atomic mass is 16.5. The van der Waals surface area contributed by atoms with Gasteiger partial charge < -0.3 is 14.2 Å². The maximum Gasteiger partial charge on any atom is 0.159 e. The number of nitrogens with zero attached hydrogens (tertiary/aromatic N) is 5. The molecule has 2 heterocycles. The first-order valence-electron chi connectivity index (χ1n) is 7.80. The third-order valence-corrected chi connectivity index (χ3v) is 3.76. The molecule has 3 aromatic rings. The summed E-state index contributed by atoms with van der Waals surface area (Å²) >= 11 is 0. The van der Waals surface area contributed by atoms with Gasteiger partial charge in [-0.25, -0.2) is 15.0 Å². The van der Waals surface area contributed by atoms with E-state index in [1.54, 1.807) is 7.11 Å². The normalized spacial score (nSPS) is 11.0. The van der Waals surface area contributed by atoms with Gasteiger partial charge in [-0.15, -0.1) is 0 Å². The Hall–Kier alpha value is -2.73. The Morgan fingerprint density at radius 1 is 1.00 bits per heavy atom. The molecule has 0 saturated carbocycles. The summed E-state index contributed by atoms with van der Waals surface area (Å²) in [5.74, 6) is 2.39. The molecule has 3 rings (SSSR count). The zero-order valence-electron chi connectivity index (χ0n) is 14.2. The van der Waals surface area contributed by atoms with Crippen molar-refractivity contribution in [1.82, 2.24) is 24.4 Å². The van der Waals surface area contributed by atoms with E-state index >= 15 is 0 Å². The molecule has 0 fully saturated rings. The van der Waals surface area contributed by atoms with Crippen LogP contribution < -0.4 is 4.74 Å². The lowest BCUT2D eigenvalue weighted by molar-refractivity contribution is 0.385. The van der Waals surface area contributed by atoms with Crippen LogP contribution in [0.25, 0.3) is 22.8 Å². The molecule has 0 aliphatic rings. The summed E-state index contributed by atoms with van der Waals surface area (Å²) in [6.07, 6.45) is 7.43. The van der Waals surface area contributed by atoms with Crippen LogP contribution in [0.1, 0.15) is 0 Å². The summed E-state index contributed by atoms with van der Waals surface area (Å²) in [7, 11) is 5.77. The molecular formula is C18H21N5O. The minimum atomic E-state index is 0.688. The molecule has 6 nitrogen and oxygen atoms in total. The maximum atomic E-state index is 5.17. The highest BCUT2D eigenvalue weighted by molar-refractivity contribution is 5.59. The molecule has 0 amide bonds. The van der Waals surface area contributed by atoms with Crippen molar-refractivity contribution >= 4 is 0 Å². The minimum Gasteiger partial charge on any atom is -0.497 e. The van der Waals surface area contributed by atoms with E-state index in [1.807, 2.05) is 49.1 Å². The van der Waals surface area contributed by atoms with Crippen LogP contribution >= 0.6 is 0 Å². The molecule has 0 saturated heterocycles. The third kappa shape index (κ3) is 3.60. The third-order valence-electron chi connectivity index (χ3n) is 3.76. The summed E-state index contributed by atoms with van der Waals surface area (Å²) in [6, 6.07) is 7.71. The zero-order valence-corrected chi connectivity index (χ0v) is 14.2. The topological polar surface area (TPSA) is 56.1 Å². The van der Waals surface area contributed by atoms with Gasteiger partial charge in [-0.3, -0.25) is 0 Å². The predicted molar refractivity (Wildman–Crippen MR) is 93.8 cm³/mol. The first-order valence-corrected chi connectivity index (χ1v) is 7.80. The average Bonchev–Trinajstić information content (AvgIpc) is 3.09. The Kier molecular flexibility index (Phi) is 4.86. The van der Waals surface area contributed by atoms with Gasteiger partial charge >= 0.3 is 0 Å². The van der Waals surface area contributed by atoms with E-state index in [1.165, 1.54) is 0 Å². The van der Waals surface area contributed by atoms with Crippen molar-refractivity contribution in [2.75, 3.05) is 27.7 Å². The summed E-state index contributed by atoms with van der Waals surface area (Å²) in [4.78, 5) is 15.5. The van der Waals surface area contributed by atoms with Crippen LogP contribution in [0.5, 0.6) is 5.75 Å². The minimum absolute atomic E-state index is 0.688. The molecule has 0 unspecified atom stereocenters. The molecule has 1 aromatic carbocycles. The number of aromatic nitrogens is 4. The van der Waals surface area contributed by atoms with Crippen LogP contribution in [0.4, 0.5) is 0 Å². The van der Waals surface area contributed by atoms with Gasteiger partial charge in [-0.05, 0) is 38.4 Å². The molecule has 6 heteroatoms. The second kappa shape index (κ2) is 7.23. The van der Waals surface area contributed by atoms with Crippen molar-refractivity contribution < 1.29 is 4.74 Å². The van der Waals surface area contributed by atoms with Gasteiger partial charge in [0.15, 0.2) is 5.82 Å². The lowest BCUT2D eigenvalue weighted by Crippen LogP contribution is -2.18. The Bertz CT molecular complexity index is 778. The fourth-order valence-electron chi connectivity index (χ4n) is 2.39. The Morgan fingerprint density at radius 2 is 1.71 bits per heavy atom. The smallest absolute Gasteiger partial charge is 0.159 e. The summed E-state index contributed by atoms with van der Waals surface area (Å²) in [6.45, 7) is 1.83. The summed E-state index contributed by atoms with van der Waals surface area (Å²) in [5, 5.41) is 0. The lowest BCUT2D eigenvalue weighted by Gasteiger charge is -2.12. The molecule has 124 valence electrons. The van der Waals surface area contributed by atoms with Crippen LogP contribution in [-0.2, 0) is 6.54 Å². The molecule has 0 atom stereocenters. The molecular weight excluding hydrogens is 302 g/mol. The van der Waals surface area contributed by atoms with E-state index in [-0.39, 0.29) is 0 Å². The van der Waals surface area contributed by atoms with E-state index in [0.717, 1.165) is 35.8 Å². The maximum absolute atomic E-state index is 5.17. The van der Waals surface area contributed by atoms with Gasteiger partial charge in [0.1, 0.15) is 11.6 Å². The Morgan fingerprint density at radius 3 is 2.33 bits per heavy atom. The molecule has 24 heavy (non-hydrogen) atoms. The quantitative estimate of drug-likeness (QED) is 0.698. The standard InChI is InChI=1S/C18H21N5O/c1-22(2)10-11-23-9-8-19-18(23)15-12-20-17(21-13-15)14-4-6-16(24-3)7-5-14/h4-9,12-13H,10-11H2,1-3H3. The fraction of sp³-hybridized carbons (Fsp3) is 0.278. The van der Waals surface area contributed by atoms with Crippen LogP contribution in [0.15, 0.2) is 49.1 Å². The first kappa shape index (κ1) is 16.1. The van der Waals surface area contributed by atoms with Gasteiger partial charge in [0.2, 0.25) is 0 Å². The van der Waals surface area contributed by atoms with Crippen LogP contribution in [0, 0.1) is 0 Å². The van der Waals surface area contributed by atoms with E-state index in [9.17, 15) is 0 Å². The average molecular weight is 323 g/mol. The van der Waals surface area contributed by atoms with Crippen molar-refractivity contribution in [2.24, 2.45) is 0 Å². The van der Waals surface area contributed by atoms with Gasteiger partial charge in [-0.2, -0.15) is 0 Å². The van der Waals surface area contributed by atoms with Gasteiger partial charge in [-0.1, -0.05) is 0 Å². The molecule has 0 N–H and O–H groups in total. The molecule has 2 aromatic heterocycles. The SMILES string of the molecule is COc1ccc(-c2ncc(-c3nccn3CCN(C)C)cn2)cc1. The Balaban J connectivity index is 1.80. The van der Waals surface area contributed by atoms with Crippen LogP contribution in [0.2, 0.25) is 0 Å². The lowest BCUT2D eigenvalue weighted by atomic mass is 10.2. The predicted octanol–water partition coefficient (Wildman–Crippen LogP) is 2.58. The van der Waals surface area contributed by atoms with Gasteiger partial charge in [0.05, 0.1) is 12.7 Å². The molecule has 0 spiro atoms. The molecule has 0 bridgehead atoms. The van der Waals surface area contributed by atoms with E-state index < -0.39 is 0 Å². The number of hydrogen-bond donors (Lipinski definition) is 0. The summed E-state index contributed by atoms with van der Waals surface area (Å²) < 4.78 is 7.29. The van der Waals surface area contributed by atoms with E-state index in [0.29, 0.717) is 5.82 Å². The van der Waals surface area contributed by atoms with Crippen molar-refractivity contribution in [2.45, 2.75) is 6.54 Å². The molecule has 0 aliphatic heterocycles. The molecule has 0 radical (unpaired) electrons.